The van der Waals surface area contributed by atoms with Crippen molar-refractivity contribution in [3.05, 3.63) is 81.5 Å². The van der Waals surface area contributed by atoms with E-state index in [9.17, 15) is 8.78 Å². The molecule has 28 heavy (non-hydrogen) atoms. The van der Waals surface area contributed by atoms with Crippen molar-refractivity contribution in [3.63, 3.8) is 0 Å². The number of rotatable bonds is 6. The molecule has 1 aliphatic rings. The topological polar surface area (TPSA) is 36.9 Å². The van der Waals surface area contributed by atoms with Crippen LogP contribution in [0.5, 0.6) is 0 Å². The molecule has 3 rings (SSSR count). The van der Waals surface area contributed by atoms with Gasteiger partial charge in [-0.15, -0.1) is 0 Å². The normalized spacial score (nSPS) is 16.6. The van der Waals surface area contributed by atoms with Gasteiger partial charge in [0, 0.05) is 30.9 Å². The molecule has 0 aromatic heterocycles. The van der Waals surface area contributed by atoms with E-state index in [-0.39, 0.29) is 18.3 Å². The third-order valence-corrected chi connectivity index (χ3v) is 4.96. The lowest BCUT2D eigenvalue weighted by Crippen LogP contribution is -2.31. The molecule has 4 nitrogen and oxygen atoms in total. The molecule has 2 aromatic rings. The summed E-state index contributed by atoms with van der Waals surface area (Å²) < 4.78 is 33.1. The molecule has 2 aromatic carbocycles. The van der Waals surface area contributed by atoms with Crippen LogP contribution in [0.1, 0.15) is 23.6 Å². The van der Waals surface area contributed by atoms with Gasteiger partial charge >= 0.3 is 0 Å². The van der Waals surface area contributed by atoms with Gasteiger partial charge < -0.3 is 15.0 Å². The Morgan fingerprint density at radius 3 is 2.54 bits per heavy atom. The Kier molecular flexibility index (Phi) is 6.80. The summed E-state index contributed by atoms with van der Waals surface area (Å²) in [6.45, 7) is 3.49. The predicted molar refractivity (Wildman–Crippen MR) is 110 cm³/mol. The number of benzene rings is 2. The summed E-state index contributed by atoms with van der Waals surface area (Å²) in [5, 5.41) is 3.13. The Morgan fingerprint density at radius 2 is 1.86 bits per heavy atom. The minimum absolute atomic E-state index is 0.0203. The van der Waals surface area contributed by atoms with Crippen molar-refractivity contribution in [2.24, 2.45) is 4.99 Å². The van der Waals surface area contributed by atoms with Crippen LogP contribution in [0.25, 0.3) is 0 Å². The first-order valence-corrected chi connectivity index (χ1v) is 9.76. The minimum atomic E-state index is -0.632. The summed E-state index contributed by atoms with van der Waals surface area (Å²) in [6.07, 6.45) is 1.79. The first kappa shape index (κ1) is 20.5. The van der Waals surface area contributed by atoms with Gasteiger partial charge in [0.15, 0.2) is 0 Å². The maximum atomic E-state index is 13.8. The van der Waals surface area contributed by atoms with E-state index < -0.39 is 11.6 Å². The third kappa shape index (κ3) is 5.17. The van der Waals surface area contributed by atoms with Crippen molar-refractivity contribution in [1.82, 2.24) is 10.2 Å². The quantitative estimate of drug-likeness (QED) is 0.694. The van der Waals surface area contributed by atoms with Crippen LogP contribution in [0.3, 0.4) is 0 Å². The lowest BCUT2D eigenvalue weighted by Gasteiger charge is -2.30. The summed E-state index contributed by atoms with van der Waals surface area (Å²) in [7, 11) is 1.92. The maximum absolute atomic E-state index is 13.8. The molecule has 7 heteroatoms. The van der Waals surface area contributed by atoms with Gasteiger partial charge in [-0.25, -0.2) is 13.8 Å². The third-order valence-electron chi connectivity index (χ3n) is 4.42. The van der Waals surface area contributed by atoms with E-state index in [0.29, 0.717) is 16.9 Å². The van der Waals surface area contributed by atoms with Crippen LogP contribution in [0.2, 0.25) is 0 Å². The summed E-state index contributed by atoms with van der Waals surface area (Å²) in [5.74, 6) is -0.842. The van der Waals surface area contributed by atoms with Crippen molar-refractivity contribution >= 4 is 21.8 Å². The van der Waals surface area contributed by atoms with Crippen molar-refractivity contribution in [2.45, 2.75) is 32.8 Å². The van der Waals surface area contributed by atoms with Gasteiger partial charge in [0.1, 0.15) is 24.4 Å². The number of ether oxygens (including phenoxy) is 1. The molecule has 0 saturated heterocycles. The largest absolute Gasteiger partial charge is 0.472 e. The van der Waals surface area contributed by atoms with Crippen LogP contribution in [-0.4, -0.2) is 24.0 Å². The minimum Gasteiger partial charge on any atom is -0.472 e. The average molecular weight is 450 g/mol. The Bertz CT molecular complexity index is 884. The molecule has 0 fully saturated rings. The maximum Gasteiger partial charge on any atom is 0.227 e. The first-order chi connectivity index (χ1) is 13.5. The molecule has 1 heterocycles. The Labute approximate surface area is 172 Å². The van der Waals surface area contributed by atoms with E-state index >= 15 is 0 Å². The molecule has 0 saturated carbocycles. The SMILES string of the molecule is CNCc1ccc(CN2C=C(Br)C(OCc3ccc(F)cc3F)=NC2C)cc1. The smallest absolute Gasteiger partial charge is 0.227 e. The Balaban J connectivity index is 1.62. The number of nitrogens with one attached hydrogen (secondary N) is 1. The van der Waals surface area contributed by atoms with E-state index in [1.807, 2.05) is 20.2 Å². The van der Waals surface area contributed by atoms with E-state index in [1.54, 1.807) is 0 Å². The van der Waals surface area contributed by atoms with Crippen LogP contribution >= 0.6 is 15.9 Å². The molecule has 0 aliphatic carbocycles. The number of aliphatic imine (C=N–C) groups is 1. The summed E-state index contributed by atoms with van der Waals surface area (Å²) in [4.78, 5) is 6.63. The molecule has 148 valence electrons. The van der Waals surface area contributed by atoms with Gasteiger partial charge in [-0.05, 0) is 53.2 Å². The second-order valence-corrected chi connectivity index (χ2v) is 7.44. The molecular weight excluding hydrogens is 428 g/mol. The lowest BCUT2D eigenvalue weighted by molar-refractivity contribution is 0.250. The van der Waals surface area contributed by atoms with Crippen LogP contribution in [0, 0.1) is 11.6 Å². The van der Waals surface area contributed by atoms with Crippen molar-refractivity contribution in [3.8, 4) is 0 Å². The fraction of sp³-hybridized carbons (Fsp3) is 0.286. The van der Waals surface area contributed by atoms with Crippen LogP contribution in [0.4, 0.5) is 8.78 Å². The highest BCUT2D eigenvalue weighted by Gasteiger charge is 2.21. The fourth-order valence-electron chi connectivity index (χ4n) is 2.86. The van der Waals surface area contributed by atoms with Crippen molar-refractivity contribution in [1.29, 1.82) is 0 Å². The van der Waals surface area contributed by atoms with Crippen molar-refractivity contribution in [2.75, 3.05) is 7.05 Å². The summed E-state index contributed by atoms with van der Waals surface area (Å²) in [5.41, 5.74) is 2.69. The molecule has 0 bridgehead atoms. The number of hydrogen-bond acceptors (Lipinski definition) is 4. The van der Waals surface area contributed by atoms with E-state index in [1.165, 1.54) is 23.3 Å². The van der Waals surface area contributed by atoms with Crippen LogP contribution < -0.4 is 5.32 Å². The zero-order valence-corrected chi connectivity index (χ0v) is 17.3. The molecular formula is C21H22BrF2N3O. The van der Waals surface area contributed by atoms with E-state index in [4.69, 9.17) is 4.74 Å². The number of halogens is 3. The highest BCUT2D eigenvalue weighted by atomic mass is 79.9. The fourth-order valence-corrected chi connectivity index (χ4v) is 3.34. The molecule has 1 unspecified atom stereocenters. The number of nitrogens with zero attached hydrogens (tertiary/aromatic N) is 2. The van der Waals surface area contributed by atoms with Gasteiger partial charge in [-0.2, -0.15) is 0 Å². The highest BCUT2D eigenvalue weighted by molar-refractivity contribution is 9.12. The number of hydrogen-bond donors (Lipinski definition) is 1. The van der Waals surface area contributed by atoms with E-state index in [0.717, 1.165) is 12.6 Å². The zero-order chi connectivity index (χ0) is 20.1. The average Bonchev–Trinajstić information content (AvgIpc) is 2.66. The Hall–Kier alpha value is -2.25. The van der Waals surface area contributed by atoms with Crippen LogP contribution in [-0.2, 0) is 24.4 Å². The molecule has 0 spiro atoms. The Morgan fingerprint density at radius 1 is 1.14 bits per heavy atom. The van der Waals surface area contributed by atoms with Gasteiger partial charge in [-0.3, -0.25) is 0 Å². The monoisotopic (exact) mass is 449 g/mol. The van der Waals surface area contributed by atoms with Crippen LogP contribution in [0.15, 0.2) is 58.1 Å². The molecule has 1 aliphatic heterocycles. The van der Waals surface area contributed by atoms with Crippen molar-refractivity contribution < 1.29 is 13.5 Å². The van der Waals surface area contributed by atoms with Gasteiger partial charge in [-0.1, -0.05) is 24.3 Å². The second kappa shape index (κ2) is 9.30. The summed E-state index contributed by atoms with van der Waals surface area (Å²) >= 11 is 3.47. The van der Waals surface area contributed by atoms with Gasteiger partial charge in [0.25, 0.3) is 0 Å². The lowest BCUT2D eigenvalue weighted by atomic mass is 10.1. The van der Waals surface area contributed by atoms with E-state index in [2.05, 4.69) is 55.4 Å². The van der Waals surface area contributed by atoms with Gasteiger partial charge in [0.05, 0.1) is 4.48 Å². The molecule has 0 radical (unpaired) electrons. The van der Waals surface area contributed by atoms with Gasteiger partial charge in [0.2, 0.25) is 5.90 Å². The molecule has 1 N–H and O–H groups in total. The highest BCUT2D eigenvalue weighted by Crippen LogP contribution is 2.23. The second-order valence-electron chi connectivity index (χ2n) is 6.59. The molecule has 1 atom stereocenters. The predicted octanol–water partition coefficient (Wildman–Crippen LogP) is 4.70. The molecule has 0 amide bonds. The standard InChI is InChI=1S/C21H22BrF2N3O/c1-14-26-21(28-13-17-7-8-18(23)9-20(17)24)19(22)12-27(14)11-16-5-3-15(4-6-16)10-25-2/h3-9,12,14,25H,10-11,13H2,1-2H3. The summed E-state index contributed by atoms with van der Waals surface area (Å²) in [6, 6.07) is 11.9. The first-order valence-electron chi connectivity index (χ1n) is 8.96. The zero-order valence-electron chi connectivity index (χ0n) is 15.8.